The molecule has 0 aliphatic heterocycles. The lowest BCUT2D eigenvalue weighted by molar-refractivity contribution is 0.775. The first-order valence-electron chi connectivity index (χ1n) is 5.51. The molecule has 0 fully saturated rings. The first kappa shape index (κ1) is 12.2. The van der Waals surface area contributed by atoms with Gasteiger partial charge in [-0.15, -0.1) is 0 Å². The van der Waals surface area contributed by atoms with Crippen molar-refractivity contribution in [3.05, 3.63) is 40.6 Å². The van der Waals surface area contributed by atoms with Crippen LogP contribution in [0.3, 0.4) is 0 Å². The third-order valence-electron chi connectivity index (χ3n) is 2.63. The van der Waals surface area contributed by atoms with E-state index >= 15 is 0 Å². The Morgan fingerprint density at radius 1 is 1.21 bits per heavy atom. The minimum absolute atomic E-state index is 0.414. The number of nitrogens with zero attached hydrogens (tertiary/aromatic N) is 4. The number of aromatic nitrogens is 4. The Morgan fingerprint density at radius 2 is 2.05 bits per heavy atom. The van der Waals surface area contributed by atoms with E-state index in [9.17, 15) is 0 Å². The predicted octanol–water partition coefficient (Wildman–Crippen LogP) is 3.41. The Hall–Kier alpha value is -1.85. The quantitative estimate of drug-likeness (QED) is 0.787. The Morgan fingerprint density at radius 3 is 2.79 bits per heavy atom. The summed E-state index contributed by atoms with van der Waals surface area (Å²) in [6.45, 7) is 0. The Kier molecular flexibility index (Phi) is 3.00. The molecule has 5 nitrogen and oxygen atoms in total. The molecule has 0 radical (unpaired) electrons. The summed E-state index contributed by atoms with van der Waals surface area (Å²) in [5.74, 6) is 1.20. The van der Waals surface area contributed by atoms with Crippen LogP contribution in [0.5, 0.6) is 0 Å². The van der Waals surface area contributed by atoms with Crippen molar-refractivity contribution in [2.45, 2.75) is 0 Å². The van der Waals surface area contributed by atoms with Crippen molar-refractivity contribution in [3.63, 3.8) is 0 Å². The van der Waals surface area contributed by atoms with Crippen LogP contribution in [0.15, 0.2) is 30.5 Å². The molecule has 1 N–H and O–H groups in total. The maximum atomic E-state index is 5.91. The number of aryl methyl sites for hydroxylation is 1. The Balaban J connectivity index is 1.97. The monoisotopic (exact) mass is 293 g/mol. The number of rotatable bonds is 2. The van der Waals surface area contributed by atoms with E-state index in [0.717, 1.165) is 16.7 Å². The number of nitrogens with one attached hydrogen (secondary N) is 1. The molecule has 0 aliphatic rings. The largest absolute Gasteiger partial charge is 0.309 e. The van der Waals surface area contributed by atoms with E-state index in [0.29, 0.717) is 16.1 Å². The van der Waals surface area contributed by atoms with Gasteiger partial charge in [0.15, 0.2) is 5.15 Å². The summed E-state index contributed by atoms with van der Waals surface area (Å²) in [6, 6.07) is 7.17. The van der Waals surface area contributed by atoms with Gasteiger partial charge in [0.2, 0.25) is 5.95 Å². The van der Waals surface area contributed by atoms with E-state index < -0.39 is 0 Å². The summed E-state index contributed by atoms with van der Waals surface area (Å²) < 4.78 is 1.62. The molecular formula is C12H9Cl2N5. The van der Waals surface area contributed by atoms with Gasteiger partial charge in [-0.2, -0.15) is 5.10 Å². The van der Waals surface area contributed by atoms with Crippen molar-refractivity contribution in [3.8, 4) is 0 Å². The normalized spacial score (nSPS) is 10.9. The van der Waals surface area contributed by atoms with Gasteiger partial charge in [0, 0.05) is 29.7 Å². The van der Waals surface area contributed by atoms with Gasteiger partial charge in [-0.05, 0) is 18.2 Å². The fourth-order valence-corrected chi connectivity index (χ4v) is 2.13. The third kappa shape index (κ3) is 2.47. The minimum atomic E-state index is 0.414. The summed E-state index contributed by atoms with van der Waals surface area (Å²) >= 11 is 11.7. The number of anilines is 2. The predicted molar refractivity (Wildman–Crippen MR) is 76.0 cm³/mol. The van der Waals surface area contributed by atoms with E-state index in [1.165, 1.54) is 0 Å². The molecule has 0 bridgehead atoms. The standard InChI is InChI=1S/C12H9Cl2N5/c1-19-11(5-10(14)18-19)17-12-15-6-7-4-8(13)2-3-9(7)16-12/h2-6H,1H3,(H,15,16,17). The Bertz CT molecular complexity index is 753. The highest BCUT2D eigenvalue weighted by atomic mass is 35.5. The summed E-state index contributed by atoms with van der Waals surface area (Å²) in [4.78, 5) is 8.63. The van der Waals surface area contributed by atoms with Crippen LogP contribution in [0.2, 0.25) is 10.2 Å². The molecule has 3 aromatic rings. The zero-order valence-electron chi connectivity index (χ0n) is 9.93. The highest BCUT2D eigenvalue weighted by molar-refractivity contribution is 6.31. The number of benzene rings is 1. The van der Waals surface area contributed by atoms with Crippen molar-refractivity contribution >= 4 is 45.9 Å². The molecule has 0 aliphatic carbocycles. The zero-order valence-corrected chi connectivity index (χ0v) is 11.4. The van der Waals surface area contributed by atoms with Crippen molar-refractivity contribution in [1.82, 2.24) is 19.7 Å². The maximum absolute atomic E-state index is 5.91. The molecule has 0 saturated carbocycles. The second kappa shape index (κ2) is 4.68. The van der Waals surface area contributed by atoms with Crippen molar-refractivity contribution in [1.29, 1.82) is 0 Å². The van der Waals surface area contributed by atoms with E-state index in [1.807, 2.05) is 12.1 Å². The third-order valence-corrected chi connectivity index (χ3v) is 3.05. The zero-order chi connectivity index (χ0) is 13.4. The number of hydrogen-bond acceptors (Lipinski definition) is 4. The highest BCUT2D eigenvalue weighted by Gasteiger charge is 2.06. The lowest BCUT2D eigenvalue weighted by Gasteiger charge is -2.05. The minimum Gasteiger partial charge on any atom is -0.309 e. The molecule has 2 aromatic heterocycles. The second-order valence-electron chi connectivity index (χ2n) is 4.00. The van der Waals surface area contributed by atoms with Crippen LogP contribution in [-0.2, 0) is 7.05 Å². The molecule has 19 heavy (non-hydrogen) atoms. The van der Waals surface area contributed by atoms with Crippen molar-refractivity contribution < 1.29 is 0 Å². The van der Waals surface area contributed by atoms with Gasteiger partial charge < -0.3 is 5.32 Å². The molecule has 2 heterocycles. The van der Waals surface area contributed by atoms with Gasteiger partial charge >= 0.3 is 0 Å². The van der Waals surface area contributed by atoms with E-state index in [4.69, 9.17) is 23.2 Å². The van der Waals surface area contributed by atoms with Gasteiger partial charge in [0.25, 0.3) is 0 Å². The first-order valence-corrected chi connectivity index (χ1v) is 6.26. The van der Waals surface area contributed by atoms with E-state index in [2.05, 4.69) is 20.4 Å². The molecule has 7 heteroatoms. The van der Waals surface area contributed by atoms with Gasteiger partial charge in [-0.3, -0.25) is 4.68 Å². The van der Waals surface area contributed by atoms with E-state index in [-0.39, 0.29) is 0 Å². The SMILES string of the molecule is Cn1nc(Cl)cc1Nc1ncc2cc(Cl)ccc2n1. The van der Waals surface area contributed by atoms with Crippen LogP contribution in [0.4, 0.5) is 11.8 Å². The average Bonchev–Trinajstić information content (AvgIpc) is 2.68. The van der Waals surface area contributed by atoms with Crippen molar-refractivity contribution in [2.24, 2.45) is 7.05 Å². The average molecular weight is 294 g/mol. The van der Waals surface area contributed by atoms with E-state index in [1.54, 1.807) is 30.1 Å². The number of hydrogen-bond donors (Lipinski definition) is 1. The lowest BCUT2D eigenvalue weighted by Crippen LogP contribution is -2.02. The fourth-order valence-electron chi connectivity index (χ4n) is 1.73. The van der Waals surface area contributed by atoms with Crippen LogP contribution >= 0.6 is 23.2 Å². The van der Waals surface area contributed by atoms with Crippen LogP contribution in [-0.4, -0.2) is 19.7 Å². The van der Waals surface area contributed by atoms with Gasteiger partial charge in [0.05, 0.1) is 5.52 Å². The number of fused-ring (bicyclic) bond motifs is 1. The molecule has 0 saturated heterocycles. The van der Waals surface area contributed by atoms with Crippen LogP contribution in [0.1, 0.15) is 0 Å². The molecule has 0 amide bonds. The van der Waals surface area contributed by atoms with Crippen LogP contribution < -0.4 is 5.32 Å². The summed E-state index contributed by atoms with van der Waals surface area (Å²) in [5, 5.41) is 9.05. The smallest absolute Gasteiger partial charge is 0.228 e. The summed E-state index contributed by atoms with van der Waals surface area (Å²) in [5.41, 5.74) is 0.815. The molecule has 1 aromatic carbocycles. The van der Waals surface area contributed by atoms with Gasteiger partial charge in [-0.1, -0.05) is 23.2 Å². The highest BCUT2D eigenvalue weighted by Crippen LogP contribution is 2.20. The van der Waals surface area contributed by atoms with Crippen LogP contribution in [0, 0.1) is 0 Å². The van der Waals surface area contributed by atoms with Gasteiger partial charge in [0.1, 0.15) is 5.82 Å². The molecule has 0 unspecified atom stereocenters. The van der Waals surface area contributed by atoms with Gasteiger partial charge in [-0.25, -0.2) is 9.97 Å². The van der Waals surface area contributed by atoms with Crippen molar-refractivity contribution in [2.75, 3.05) is 5.32 Å². The number of halogens is 2. The lowest BCUT2D eigenvalue weighted by atomic mass is 10.2. The molecular weight excluding hydrogens is 285 g/mol. The molecule has 96 valence electrons. The second-order valence-corrected chi connectivity index (χ2v) is 4.82. The first-order chi connectivity index (χ1) is 9.11. The summed E-state index contributed by atoms with van der Waals surface area (Å²) in [6.07, 6.45) is 1.72. The molecule has 0 atom stereocenters. The topological polar surface area (TPSA) is 55.6 Å². The Labute approximate surface area is 119 Å². The van der Waals surface area contributed by atoms with Crippen LogP contribution in [0.25, 0.3) is 10.9 Å². The summed E-state index contributed by atoms with van der Waals surface area (Å²) in [7, 11) is 1.79. The fraction of sp³-hybridized carbons (Fsp3) is 0.0833. The molecule has 3 rings (SSSR count). The maximum Gasteiger partial charge on any atom is 0.228 e. The molecule has 0 spiro atoms.